The van der Waals surface area contributed by atoms with Crippen molar-refractivity contribution in [2.45, 2.75) is 56.2 Å². The predicted molar refractivity (Wildman–Crippen MR) is 97.7 cm³/mol. The van der Waals surface area contributed by atoms with Gasteiger partial charge in [0.1, 0.15) is 0 Å². The Hall–Kier alpha value is -2.10. The minimum Gasteiger partial charge on any atom is -0.276 e. The summed E-state index contributed by atoms with van der Waals surface area (Å²) in [6.07, 6.45) is -1.69. The van der Waals surface area contributed by atoms with E-state index >= 15 is 0 Å². The van der Waals surface area contributed by atoms with Gasteiger partial charge in [-0.05, 0) is 25.3 Å². The van der Waals surface area contributed by atoms with Crippen LogP contribution in [0.4, 0.5) is 13.2 Å². The fourth-order valence-corrected chi connectivity index (χ4v) is 5.01. The molecule has 0 saturated heterocycles. The third-order valence-electron chi connectivity index (χ3n) is 6.14. The highest BCUT2D eigenvalue weighted by atomic mass is 19.4. The second-order valence-electron chi connectivity index (χ2n) is 7.73. The molecular weight excluding hydrogens is 335 g/mol. The van der Waals surface area contributed by atoms with Gasteiger partial charge in [0.15, 0.2) is 0 Å². The van der Waals surface area contributed by atoms with E-state index in [2.05, 4.69) is 0 Å². The van der Waals surface area contributed by atoms with Gasteiger partial charge < -0.3 is 0 Å². The van der Waals surface area contributed by atoms with Gasteiger partial charge >= 0.3 is 6.18 Å². The molecule has 1 saturated carbocycles. The number of rotatable bonds is 2. The fourth-order valence-electron chi connectivity index (χ4n) is 5.01. The van der Waals surface area contributed by atoms with Crippen molar-refractivity contribution in [3.05, 3.63) is 71.3 Å². The number of aliphatic imine (C=N–C) groups is 1. The van der Waals surface area contributed by atoms with Crippen molar-refractivity contribution in [2.75, 3.05) is 0 Å². The summed E-state index contributed by atoms with van der Waals surface area (Å²) in [7, 11) is 0. The molecule has 2 aromatic carbocycles. The van der Waals surface area contributed by atoms with Crippen molar-refractivity contribution >= 4 is 5.71 Å². The molecule has 1 aliphatic heterocycles. The molecule has 1 spiro atoms. The summed E-state index contributed by atoms with van der Waals surface area (Å²) in [5.74, 6) is 0. The molecule has 4 heteroatoms. The Morgan fingerprint density at radius 2 is 1.54 bits per heavy atom. The summed E-state index contributed by atoms with van der Waals surface area (Å²) in [5, 5.41) is 0. The molecule has 1 nitrogen and oxygen atoms in total. The molecule has 136 valence electrons. The predicted octanol–water partition coefficient (Wildman–Crippen LogP) is 6.06. The van der Waals surface area contributed by atoms with E-state index in [1.165, 1.54) is 0 Å². The lowest BCUT2D eigenvalue weighted by atomic mass is 9.60. The molecule has 0 N–H and O–H groups in total. The first-order chi connectivity index (χ1) is 12.3. The summed E-state index contributed by atoms with van der Waals surface area (Å²) in [4.78, 5) is 4.84. The molecule has 1 heterocycles. The van der Waals surface area contributed by atoms with Crippen LogP contribution in [0.5, 0.6) is 0 Å². The SMILES string of the molecule is CC1(CC(F)(F)F)N=C(c2ccccc2)c2ccccc2C12CCCC2. The number of nitrogens with zero attached hydrogens (tertiary/aromatic N) is 1. The van der Waals surface area contributed by atoms with Crippen molar-refractivity contribution in [1.82, 2.24) is 0 Å². The first kappa shape index (κ1) is 17.3. The van der Waals surface area contributed by atoms with E-state index in [0.717, 1.165) is 42.4 Å². The molecule has 0 radical (unpaired) electrons. The number of halogens is 3. The van der Waals surface area contributed by atoms with Crippen LogP contribution < -0.4 is 0 Å². The summed E-state index contributed by atoms with van der Waals surface area (Å²) in [6, 6.07) is 17.5. The van der Waals surface area contributed by atoms with E-state index in [-0.39, 0.29) is 0 Å². The molecule has 0 amide bonds. The lowest BCUT2D eigenvalue weighted by Crippen LogP contribution is -2.52. The fraction of sp³-hybridized carbons (Fsp3) is 0.409. The Morgan fingerprint density at radius 1 is 0.923 bits per heavy atom. The van der Waals surface area contributed by atoms with Gasteiger partial charge in [-0.3, -0.25) is 4.99 Å². The molecular formula is C22H22F3N. The van der Waals surface area contributed by atoms with Crippen LogP contribution in [-0.4, -0.2) is 17.4 Å². The van der Waals surface area contributed by atoms with Gasteiger partial charge in [-0.25, -0.2) is 0 Å². The molecule has 1 unspecified atom stereocenters. The number of fused-ring (bicyclic) bond motifs is 2. The van der Waals surface area contributed by atoms with Crippen molar-refractivity contribution in [1.29, 1.82) is 0 Å². The van der Waals surface area contributed by atoms with Gasteiger partial charge in [-0.2, -0.15) is 13.2 Å². The average Bonchev–Trinajstić information content (AvgIpc) is 3.09. The first-order valence-corrected chi connectivity index (χ1v) is 9.17. The lowest BCUT2D eigenvalue weighted by molar-refractivity contribution is -0.152. The summed E-state index contributed by atoms with van der Waals surface area (Å²) in [6.45, 7) is 1.71. The number of alkyl halides is 3. The maximum absolute atomic E-state index is 13.6. The van der Waals surface area contributed by atoms with Gasteiger partial charge in [0.2, 0.25) is 0 Å². The largest absolute Gasteiger partial charge is 0.391 e. The quantitative estimate of drug-likeness (QED) is 0.619. The third-order valence-corrected chi connectivity index (χ3v) is 6.14. The third kappa shape index (κ3) is 2.67. The zero-order chi connectivity index (χ0) is 18.4. The van der Waals surface area contributed by atoms with E-state index in [9.17, 15) is 13.2 Å². The van der Waals surface area contributed by atoms with Gasteiger partial charge in [-0.15, -0.1) is 0 Å². The Balaban J connectivity index is 1.97. The van der Waals surface area contributed by atoms with Crippen molar-refractivity contribution < 1.29 is 13.2 Å². The van der Waals surface area contributed by atoms with E-state index in [1.807, 2.05) is 54.6 Å². The first-order valence-electron chi connectivity index (χ1n) is 9.17. The average molecular weight is 357 g/mol. The smallest absolute Gasteiger partial charge is 0.276 e. The molecule has 0 bridgehead atoms. The van der Waals surface area contributed by atoms with E-state index in [4.69, 9.17) is 4.99 Å². The molecule has 1 atom stereocenters. The zero-order valence-corrected chi connectivity index (χ0v) is 14.8. The van der Waals surface area contributed by atoms with Crippen LogP contribution >= 0.6 is 0 Å². The Labute approximate surface area is 152 Å². The Kier molecular flexibility index (Phi) is 3.98. The number of hydrogen-bond acceptors (Lipinski definition) is 1. The standard InChI is InChI=1S/C22H22F3N/c1-20(15-22(23,24)25)21(13-7-8-14-21)18-12-6-5-11-17(18)19(26-20)16-9-3-2-4-10-16/h2-6,9-12H,7-8,13-15H2,1H3. The summed E-state index contributed by atoms with van der Waals surface area (Å²) < 4.78 is 40.7. The van der Waals surface area contributed by atoms with Gasteiger partial charge in [-0.1, -0.05) is 67.4 Å². The molecule has 0 aromatic heterocycles. The van der Waals surface area contributed by atoms with Crippen LogP contribution in [0.25, 0.3) is 0 Å². The molecule has 4 rings (SSSR count). The molecule has 2 aliphatic rings. The van der Waals surface area contributed by atoms with Crippen LogP contribution in [0, 0.1) is 0 Å². The topological polar surface area (TPSA) is 12.4 Å². The maximum atomic E-state index is 13.6. The van der Waals surface area contributed by atoms with Gasteiger partial charge in [0, 0.05) is 16.5 Å². The Bertz CT molecular complexity index is 832. The second-order valence-corrected chi connectivity index (χ2v) is 7.73. The molecule has 26 heavy (non-hydrogen) atoms. The highest BCUT2D eigenvalue weighted by molar-refractivity contribution is 6.15. The van der Waals surface area contributed by atoms with E-state index in [1.54, 1.807) is 6.92 Å². The van der Waals surface area contributed by atoms with Crippen LogP contribution in [-0.2, 0) is 5.41 Å². The minimum atomic E-state index is -4.25. The number of hydrogen-bond donors (Lipinski definition) is 0. The zero-order valence-electron chi connectivity index (χ0n) is 14.8. The van der Waals surface area contributed by atoms with E-state index < -0.39 is 23.6 Å². The van der Waals surface area contributed by atoms with Crippen LogP contribution in [0.1, 0.15) is 55.7 Å². The van der Waals surface area contributed by atoms with Crippen molar-refractivity contribution in [3.8, 4) is 0 Å². The molecule has 2 aromatic rings. The minimum absolute atomic E-state index is 0.530. The molecule has 1 fully saturated rings. The normalized spacial score (nSPS) is 24.4. The highest BCUT2D eigenvalue weighted by Gasteiger charge is 2.57. The van der Waals surface area contributed by atoms with Crippen LogP contribution in [0.2, 0.25) is 0 Å². The summed E-state index contributed by atoms with van der Waals surface area (Å²) in [5.41, 5.74) is 1.88. The monoisotopic (exact) mass is 357 g/mol. The van der Waals surface area contributed by atoms with Gasteiger partial charge in [0.05, 0.1) is 17.7 Å². The van der Waals surface area contributed by atoms with Crippen molar-refractivity contribution in [3.63, 3.8) is 0 Å². The van der Waals surface area contributed by atoms with Crippen molar-refractivity contribution in [2.24, 2.45) is 4.99 Å². The molecule has 1 aliphatic carbocycles. The van der Waals surface area contributed by atoms with Crippen LogP contribution in [0.3, 0.4) is 0 Å². The second kappa shape index (κ2) is 5.97. The van der Waals surface area contributed by atoms with E-state index in [0.29, 0.717) is 5.71 Å². The lowest BCUT2D eigenvalue weighted by Gasteiger charge is -2.49. The van der Waals surface area contributed by atoms with Crippen LogP contribution in [0.15, 0.2) is 59.6 Å². The highest BCUT2D eigenvalue weighted by Crippen LogP contribution is 2.56. The summed E-state index contributed by atoms with van der Waals surface area (Å²) >= 11 is 0. The Morgan fingerprint density at radius 3 is 2.19 bits per heavy atom. The number of benzene rings is 2. The maximum Gasteiger partial charge on any atom is 0.391 e. The van der Waals surface area contributed by atoms with Gasteiger partial charge in [0.25, 0.3) is 0 Å².